The number of carbonyl (C=O) groups is 1. The van der Waals surface area contributed by atoms with Gasteiger partial charge in [-0.1, -0.05) is 17.7 Å². The molecule has 2 aliphatic rings. The molecule has 1 unspecified atom stereocenters. The van der Waals surface area contributed by atoms with E-state index >= 15 is 0 Å². The number of aryl methyl sites for hydroxylation is 1. The van der Waals surface area contributed by atoms with Crippen LogP contribution in [0, 0.1) is 0 Å². The molecule has 2 aliphatic heterocycles. The summed E-state index contributed by atoms with van der Waals surface area (Å²) in [5.41, 5.74) is 2.17. The quantitative estimate of drug-likeness (QED) is 0.872. The molecule has 0 saturated carbocycles. The lowest BCUT2D eigenvalue weighted by molar-refractivity contribution is -0.121. The number of hydrogen-bond acceptors (Lipinski definition) is 4. The predicted octanol–water partition coefficient (Wildman–Crippen LogP) is 2.01. The molecule has 0 bridgehead atoms. The van der Waals surface area contributed by atoms with Crippen LogP contribution in [0.3, 0.4) is 0 Å². The SMILES string of the molecule is CN1CCN(Cc2nn(C)c3cccc(Cl)c23)CC12CCNC(=O)CC2. The first-order valence-corrected chi connectivity index (χ1v) is 9.67. The number of hydrogen-bond donors (Lipinski definition) is 1. The van der Waals surface area contributed by atoms with E-state index in [2.05, 4.69) is 28.2 Å². The topological polar surface area (TPSA) is 53.4 Å². The molecule has 0 aliphatic carbocycles. The minimum Gasteiger partial charge on any atom is -0.356 e. The summed E-state index contributed by atoms with van der Waals surface area (Å²) in [7, 11) is 4.16. The van der Waals surface area contributed by atoms with Crippen LogP contribution in [0.4, 0.5) is 0 Å². The van der Waals surface area contributed by atoms with Gasteiger partial charge in [-0.25, -0.2) is 0 Å². The van der Waals surface area contributed by atoms with Gasteiger partial charge in [0.25, 0.3) is 0 Å². The second kappa shape index (κ2) is 6.83. The van der Waals surface area contributed by atoms with E-state index in [0.29, 0.717) is 6.42 Å². The number of halogens is 1. The zero-order valence-corrected chi connectivity index (χ0v) is 16.2. The number of aromatic nitrogens is 2. The molecule has 3 heterocycles. The van der Waals surface area contributed by atoms with Gasteiger partial charge in [0.05, 0.1) is 16.2 Å². The lowest BCUT2D eigenvalue weighted by Gasteiger charge is -2.49. The van der Waals surface area contributed by atoms with Gasteiger partial charge in [0, 0.05) is 57.1 Å². The molecule has 6 nitrogen and oxygen atoms in total. The van der Waals surface area contributed by atoms with Gasteiger partial charge in [0.2, 0.25) is 5.91 Å². The van der Waals surface area contributed by atoms with E-state index < -0.39 is 0 Å². The molecular formula is C19H26ClN5O. The summed E-state index contributed by atoms with van der Waals surface area (Å²) in [5.74, 6) is 0.176. The summed E-state index contributed by atoms with van der Waals surface area (Å²) in [5, 5.41) is 9.58. The highest BCUT2D eigenvalue weighted by molar-refractivity contribution is 6.35. The molecule has 1 amide bonds. The van der Waals surface area contributed by atoms with Gasteiger partial charge in [-0.3, -0.25) is 19.3 Å². The Morgan fingerprint density at radius 3 is 2.96 bits per heavy atom. The van der Waals surface area contributed by atoms with Crippen LogP contribution in [0.25, 0.3) is 10.9 Å². The Morgan fingerprint density at radius 2 is 2.12 bits per heavy atom. The number of benzene rings is 1. The van der Waals surface area contributed by atoms with Gasteiger partial charge < -0.3 is 5.32 Å². The normalized spacial score (nSPS) is 25.6. The molecule has 2 saturated heterocycles. The molecule has 1 spiro atoms. The number of fused-ring (bicyclic) bond motifs is 1. The lowest BCUT2D eigenvalue weighted by atomic mass is 9.86. The molecule has 0 radical (unpaired) electrons. The average Bonchev–Trinajstić information content (AvgIpc) is 2.81. The van der Waals surface area contributed by atoms with Crippen LogP contribution < -0.4 is 5.32 Å². The zero-order chi connectivity index (χ0) is 18.3. The molecule has 7 heteroatoms. The van der Waals surface area contributed by atoms with Gasteiger partial charge >= 0.3 is 0 Å². The third-order valence-corrected chi connectivity index (χ3v) is 6.40. The Bertz CT molecular complexity index is 835. The molecule has 1 aromatic carbocycles. The molecule has 2 fully saturated rings. The first-order valence-electron chi connectivity index (χ1n) is 9.29. The fourth-order valence-electron chi connectivity index (χ4n) is 4.49. The summed E-state index contributed by atoms with van der Waals surface area (Å²) in [6.07, 6.45) is 2.52. The van der Waals surface area contributed by atoms with Crippen LogP contribution in [-0.2, 0) is 18.4 Å². The van der Waals surface area contributed by atoms with E-state index in [9.17, 15) is 4.79 Å². The highest BCUT2D eigenvalue weighted by atomic mass is 35.5. The van der Waals surface area contributed by atoms with Crippen molar-refractivity contribution in [1.82, 2.24) is 24.9 Å². The number of rotatable bonds is 2. The van der Waals surface area contributed by atoms with Crippen molar-refractivity contribution in [3.05, 3.63) is 28.9 Å². The summed E-state index contributed by atoms with van der Waals surface area (Å²) in [6.45, 7) is 4.52. The predicted molar refractivity (Wildman–Crippen MR) is 103 cm³/mol. The number of likely N-dealkylation sites (N-methyl/N-ethyl adjacent to an activating group) is 1. The smallest absolute Gasteiger partial charge is 0.220 e. The maximum atomic E-state index is 11.8. The molecule has 140 valence electrons. The summed E-state index contributed by atoms with van der Waals surface area (Å²) < 4.78 is 1.91. The Hall–Kier alpha value is -1.63. The first kappa shape index (κ1) is 17.8. The van der Waals surface area contributed by atoms with E-state index in [1.807, 2.05) is 23.9 Å². The fraction of sp³-hybridized carbons (Fsp3) is 0.579. The van der Waals surface area contributed by atoms with E-state index in [1.54, 1.807) is 0 Å². The number of carbonyl (C=O) groups excluding carboxylic acids is 1. The van der Waals surface area contributed by atoms with Crippen LogP contribution in [0.2, 0.25) is 5.02 Å². The monoisotopic (exact) mass is 375 g/mol. The molecular weight excluding hydrogens is 350 g/mol. The van der Waals surface area contributed by atoms with Gasteiger partial charge in [0.1, 0.15) is 0 Å². The third-order valence-electron chi connectivity index (χ3n) is 6.08. The molecule has 4 rings (SSSR count). The Labute approximate surface area is 159 Å². The van der Waals surface area contributed by atoms with E-state index in [1.165, 1.54) is 0 Å². The number of nitrogens with one attached hydrogen (secondary N) is 1. The van der Waals surface area contributed by atoms with Crippen LogP contribution >= 0.6 is 11.6 Å². The zero-order valence-electron chi connectivity index (χ0n) is 15.5. The standard InChI is InChI=1S/C19H26ClN5O/c1-23-10-11-25(13-19(23)7-6-17(26)21-9-8-19)12-15-18-14(20)4-3-5-16(18)24(2)22-15/h3-5H,6-13H2,1-2H3,(H,21,26). The van der Waals surface area contributed by atoms with Crippen molar-refractivity contribution in [3.63, 3.8) is 0 Å². The number of nitrogens with zero attached hydrogens (tertiary/aromatic N) is 4. The maximum Gasteiger partial charge on any atom is 0.220 e. The second-order valence-corrected chi connectivity index (χ2v) is 8.07. The van der Waals surface area contributed by atoms with Crippen molar-refractivity contribution in [3.8, 4) is 0 Å². The minimum absolute atomic E-state index is 0.0613. The molecule has 1 N–H and O–H groups in total. The number of piperazine rings is 1. The van der Waals surface area contributed by atoms with Crippen molar-refractivity contribution in [2.45, 2.75) is 31.3 Å². The molecule has 1 aromatic heterocycles. The lowest BCUT2D eigenvalue weighted by Crippen LogP contribution is -2.60. The van der Waals surface area contributed by atoms with E-state index in [4.69, 9.17) is 16.7 Å². The van der Waals surface area contributed by atoms with E-state index in [0.717, 1.165) is 67.2 Å². The summed E-state index contributed by atoms with van der Waals surface area (Å²) in [4.78, 5) is 16.7. The van der Waals surface area contributed by atoms with Gasteiger partial charge in [-0.15, -0.1) is 0 Å². The van der Waals surface area contributed by atoms with Gasteiger partial charge in [-0.05, 0) is 32.0 Å². The first-order chi connectivity index (χ1) is 12.5. The van der Waals surface area contributed by atoms with Crippen molar-refractivity contribution >= 4 is 28.4 Å². The van der Waals surface area contributed by atoms with E-state index in [-0.39, 0.29) is 11.4 Å². The maximum absolute atomic E-state index is 11.8. The average molecular weight is 376 g/mol. The van der Waals surface area contributed by atoms with Crippen LogP contribution in [0.5, 0.6) is 0 Å². The molecule has 2 aromatic rings. The minimum atomic E-state index is 0.0613. The largest absolute Gasteiger partial charge is 0.356 e. The second-order valence-electron chi connectivity index (χ2n) is 7.66. The van der Waals surface area contributed by atoms with Gasteiger partial charge in [0.15, 0.2) is 0 Å². The summed E-state index contributed by atoms with van der Waals surface area (Å²) >= 11 is 6.47. The highest BCUT2D eigenvalue weighted by Gasteiger charge is 2.41. The Morgan fingerprint density at radius 1 is 1.27 bits per heavy atom. The fourth-order valence-corrected chi connectivity index (χ4v) is 4.77. The van der Waals surface area contributed by atoms with Gasteiger partial charge in [-0.2, -0.15) is 5.10 Å². The Balaban J connectivity index is 1.59. The number of amides is 1. The van der Waals surface area contributed by atoms with Crippen LogP contribution in [-0.4, -0.2) is 64.3 Å². The molecule has 26 heavy (non-hydrogen) atoms. The third kappa shape index (κ3) is 3.10. The van der Waals surface area contributed by atoms with Crippen molar-refractivity contribution in [1.29, 1.82) is 0 Å². The Kier molecular flexibility index (Phi) is 4.67. The van der Waals surface area contributed by atoms with Crippen LogP contribution in [0.1, 0.15) is 25.0 Å². The van der Waals surface area contributed by atoms with Crippen molar-refractivity contribution < 1.29 is 4.79 Å². The highest BCUT2D eigenvalue weighted by Crippen LogP contribution is 2.32. The van der Waals surface area contributed by atoms with Crippen molar-refractivity contribution in [2.75, 3.05) is 33.2 Å². The van der Waals surface area contributed by atoms with Crippen LogP contribution in [0.15, 0.2) is 18.2 Å². The van der Waals surface area contributed by atoms with Crippen molar-refractivity contribution in [2.24, 2.45) is 7.05 Å². The summed E-state index contributed by atoms with van der Waals surface area (Å²) in [6, 6.07) is 5.96. The molecule has 1 atom stereocenters.